The minimum atomic E-state index is 0.734. The van der Waals surface area contributed by atoms with Gasteiger partial charge in [0.05, 0.1) is 13.6 Å². The molecule has 17 heavy (non-hydrogen) atoms. The van der Waals surface area contributed by atoms with Crippen molar-refractivity contribution >= 4 is 0 Å². The lowest BCUT2D eigenvalue weighted by Gasteiger charge is -1.97. The zero-order chi connectivity index (χ0) is 12.2. The van der Waals surface area contributed by atoms with Crippen molar-refractivity contribution in [2.75, 3.05) is 7.05 Å². The van der Waals surface area contributed by atoms with Gasteiger partial charge in [-0.05, 0) is 5.56 Å². The maximum Gasteiger partial charge on any atom is 0.0596 e. The molecule has 0 heterocycles. The Hall–Kier alpha value is -2.16. The van der Waals surface area contributed by atoms with Gasteiger partial charge in [0.2, 0.25) is 0 Å². The van der Waals surface area contributed by atoms with Crippen LogP contribution in [0, 0.1) is 0 Å². The van der Waals surface area contributed by atoms with Crippen LogP contribution in [0.5, 0.6) is 0 Å². The summed E-state index contributed by atoms with van der Waals surface area (Å²) in [4.78, 5) is 0. The third-order valence-corrected chi connectivity index (χ3v) is 1.96. The molecule has 1 N–H and O–H groups in total. The van der Waals surface area contributed by atoms with Crippen molar-refractivity contribution in [3.63, 3.8) is 0 Å². The molecule has 0 bridgehead atoms. The van der Waals surface area contributed by atoms with E-state index in [-0.39, 0.29) is 0 Å². The van der Waals surface area contributed by atoms with Crippen molar-refractivity contribution in [3.8, 4) is 0 Å². The fourth-order valence-corrected chi connectivity index (χ4v) is 1.18. The molecule has 0 aliphatic carbocycles. The van der Waals surface area contributed by atoms with E-state index in [0.29, 0.717) is 0 Å². The predicted octanol–water partition coefficient (Wildman–Crippen LogP) is 3.46. The Morgan fingerprint density at radius 2 is 1.29 bits per heavy atom. The average molecular weight is 227 g/mol. The molecule has 0 atom stereocenters. The van der Waals surface area contributed by atoms with E-state index in [1.165, 1.54) is 5.56 Å². The van der Waals surface area contributed by atoms with Crippen LogP contribution in [0.1, 0.15) is 5.56 Å². The van der Waals surface area contributed by atoms with E-state index in [0.717, 1.165) is 6.54 Å². The molecular formula is C14H17N3. The molecule has 3 nitrogen and oxygen atoms in total. The van der Waals surface area contributed by atoms with Gasteiger partial charge in [-0.25, -0.2) is 0 Å². The smallest absolute Gasteiger partial charge is 0.0596 e. The normalized spacial score (nSPS) is 9.47. The zero-order valence-electron chi connectivity index (χ0n) is 9.95. The topological polar surface area (TPSA) is 36.8 Å². The van der Waals surface area contributed by atoms with Crippen molar-refractivity contribution in [2.45, 2.75) is 6.54 Å². The SMILES string of the molecule is CN=NNCc1ccccc1.c1ccccc1. The van der Waals surface area contributed by atoms with Crippen LogP contribution in [-0.4, -0.2) is 7.05 Å². The van der Waals surface area contributed by atoms with Crippen molar-refractivity contribution in [3.05, 3.63) is 72.3 Å². The minimum Gasteiger partial charge on any atom is -0.287 e. The van der Waals surface area contributed by atoms with E-state index in [2.05, 4.69) is 15.8 Å². The molecule has 0 amide bonds. The van der Waals surface area contributed by atoms with Gasteiger partial charge < -0.3 is 0 Å². The highest BCUT2D eigenvalue weighted by Crippen LogP contribution is 1.96. The molecule has 2 aromatic carbocycles. The summed E-state index contributed by atoms with van der Waals surface area (Å²) in [5.41, 5.74) is 4.02. The molecule has 0 fully saturated rings. The average Bonchev–Trinajstić information content (AvgIpc) is 2.43. The Balaban J connectivity index is 0.000000202. The van der Waals surface area contributed by atoms with Crippen LogP contribution in [0.4, 0.5) is 0 Å². The summed E-state index contributed by atoms with van der Waals surface area (Å²) in [5.74, 6) is 0. The van der Waals surface area contributed by atoms with Gasteiger partial charge in [-0.1, -0.05) is 72.0 Å². The molecule has 0 aromatic heterocycles. The second-order valence-corrected chi connectivity index (χ2v) is 3.28. The Morgan fingerprint density at radius 3 is 1.76 bits per heavy atom. The predicted molar refractivity (Wildman–Crippen MR) is 70.5 cm³/mol. The third kappa shape index (κ3) is 6.84. The molecule has 2 rings (SSSR count). The fraction of sp³-hybridized carbons (Fsp3) is 0.143. The van der Waals surface area contributed by atoms with Crippen LogP contribution in [0.25, 0.3) is 0 Å². The largest absolute Gasteiger partial charge is 0.287 e. The third-order valence-electron chi connectivity index (χ3n) is 1.96. The zero-order valence-corrected chi connectivity index (χ0v) is 9.95. The Kier molecular flexibility index (Phi) is 6.90. The lowest BCUT2D eigenvalue weighted by atomic mass is 10.2. The first kappa shape index (κ1) is 12.9. The number of rotatable bonds is 3. The van der Waals surface area contributed by atoms with E-state index >= 15 is 0 Å². The van der Waals surface area contributed by atoms with Gasteiger partial charge in [-0.15, -0.1) is 0 Å². The molecule has 88 valence electrons. The summed E-state index contributed by atoms with van der Waals surface area (Å²) in [6, 6.07) is 22.1. The van der Waals surface area contributed by atoms with Crippen LogP contribution >= 0.6 is 0 Å². The van der Waals surface area contributed by atoms with Gasteiger partial charge >= 0.3 is 0 Å². The van der Waals surface area contributed by atoms with Crippen molar-refractivity contribution in [1.29, 1.82) is 0 Å². The molecule has 0 saturated carbocycles. The van der Waals surface area contributed by atoms with E-state index in [1.807, 2.05) is 66.7 Å². The van der Waals surface area contributed by atoms with Gasteiger partial charge in [0, 0.05) is 0 Å². The van der Waals surface area contributed by atoms with Crippen LogP contribution in [0.3, 0.4) is 0 Å². The van der Waals surface area contributed by atoms with Crippen molar-refractivity contribution < 1.29 is 0 Å². The maximum absolute atomic E-state index is 3.64. The summed E-state index contributed by atoms with van der Waals surface area (Å²) in [7, 11) is 1.64. The molecule has 0 unspecified atom stereocenters. The van der Waals surface area contributed by atoms with Crippen LogP contribution in [0.2, 0.25) is 0 Å². The number of nitrogens with zero attached hydrogens (tertiary/aromatic N) is 2. The van der Waals surface area contributed by atoms with E-state index in [1.54, 1.807) is 7.05 Å². The molecule has 0 radical (unpaired) electrons. The lowest BCUT2D eigenvalue weighted by Crippen LogP contribution is -2.02. The second-order valence-electron chi connectivity index (χ2n) is 3.28. The monoisotopic (exact) mass is 227 g/mol. The number of benzene rings is 2. The summed E-state index contributed by atoms with van der Waals surface area (Å²) in [6.45, 7) is 0.734. The van der Waals surface area contributed by atoms with Gasteiger partial charge in [-0.3, -0.25) is 5.43 Å². The number of hydrogen-bond acceptors (Lipinski definition) is 2. The van der Waals surface area contributed by atoms with Gasteiger partial charge in [0.1, 0.15) is 0 Å². The van der Waals surface area contributed by atoms with Gasteiger partial charge in [0.15, 0.2) is 0 Å². The standard InChI is InChI=1S/C8H11N3.C6H6/c1-9-11-10-7-8-5-3-2-4-6-8;1-2-4-6-5-3-1/h2-6H,7H2,1H3,(H,9,10);1-6H. The van der Waals surface area contributed by atoms with Crippen molar-refractivity contribution in [2.24, 2.45) is 10.3 Å². The van der Waals surface area contributed by atoms with Crippen LogP contribution in [0.15, 0.2) is 77.1 Å². The van der Waals surface area contributed by atoms with Crippen LogP contribution < -0.4 is 5.43 Å². The first-order valence-electron chi connectivity index (χ1n) is 5.49. The Labute approximate surface area is 102 Å². The summed E-state index contributed by atoms with van der Waals surface area (Å²) < 4.78 is 0. The van der Waals surface area contributed by atoms with Crippen molar-refractivity contribution in [1.82, 2.24) is 5.43 Å². The molecule has 0 saturated heterocycles. The van der Waals surface area contributed by atoms with Gasteiger partial charge in [-0.2, -0.15) is 5.11 Å². The highest BCUT2D eigenvalue weighted by atomic mass is 15.4. The molecular weight excluding hydrogens is 210 g/mol. The molecule has 2 aromatic rings. The summed E-state index contributed by atoms with van der Waals surface area (Å²) >= 11 is 0. The number of nitrogens with one attached hydrogen (secondary N) is 1. The quantitative estimate of drug-likeness (QED) is 0.632. The van der Waals surface area contributed by atoms with Crippen LogP contribution in [-0.2, 0) is 6.54 Å². The highest BCUT2D eigenvalue weighted by molar-refractivity contribution is 5.13. The minimum absolute atomic E-state index is 0.734. The Bertz CT molecular complexity index is 372. The van der Waals surface area contributed by atoms with E-state index in [4.69, 9.17) is 0 Å². The fourth-order valence-electron chi connectivity index (χ4n) is 1.18. The molecule has 3 heteroatoms. The van der Waals surface area contributed by atoms with E-state index in [9.17, 15) is 0 Å². The second kappa shape index (κ2) is 9.09. The highest BCUT2D eigenvalue weighted by Gasteiger charge is 1.85. The first-order valence-corrected chi connectivity index (χ1v) is 5.49. The number of hydrogen-bond donors (Lipinski definition) is 1. The molecule has 0 aliphatic rings. The van der Waals surface area contributed by atoms with E-state index < -0.39 is 0 Å². The Morgan fingerprint density at radius 1 is 0.824 bits per heavy atom. The maximum atomic E-state index is 3.64. The first-order chi connectivity index (χ1) is 8.43. The van der Waals surface area contributed by atoms with Gasteiger partial charge in [0.25, 0.3) is 0 Å². The summed E-state index contributed by atoms with van der Waals surface area (Å²) in [5, 5.41) is 7.21. The molecule has 0 aliphatic heterocycles. The lowest BCUT2D eigenvalue weighted by molar-refractivity contribution is 0.690. The molecule has 0 spiro atoms. The summed E-state index contributed by atoms with van der Waals surface area (Å²) in [6.07, 6.45) is 0.